The van der Waals surface area contributed by atoms with Crippen LogP contribution in [-0.2, 0) is 0 Å². The molecule has 0 fully saturated rings. The van der Waals surface area contributed by atoms with Crippen molar-refractivity contribution in [2.24, 2.45) is 5.92 Å². The van der Waals surface area contributed by atoms with Crippen LogP contribution >= 0.6 is 23.2 Å². The second-order valence-corrected chi connectivity index (χ2v) is 4.79. The van der Waals surface area contributed by atoms with Gasteiger partial charge in [-0.15, -0.1) is 0 Å². The van der Waals surface area contributed by atoms with Crippen LogP contribution in [0.3, 0.4) is 0 Å². The Morgan fingerprint density at radius 1 is 1.20 bits per heavy atom. The van der Waals surface area contributed by atoms with E-state index in [1.807, 2.05) is 6.92 Å². The Kier molecular flexibility index (Phi) is 4.91. The number of benzene rings is 1. The van der Waals surface area contributed by atoms with Crippen molar-refractivity contribution in [3.8, 4) is 0 Å². The average molecular weight is 247 g/mol. The summed E-state index contributed by atoms with van der Waals surface area (Å²) < 4.78 is 0. The molecule has 1 rings (SSSR count). The van der Waals surface area contributed by atoms with Crippen LogP contribution in [-0.4, -0.2) is 5.11 Å². The van der Waals surface area contributed by atoms with Gasteiger partial charge in [0, 0.05) is 10.0 Å². The normalized spacial score (nSPS) is 15.0. The molecule has 0 heterocycles. The van der Waals surface area contributed by atoms with Gasteiger partial charge in [-0.25, -0.2) is 0 Å². The third-order valence-corrected chi connectivity index (χ3v) is 2.95. The van der Waals surface area contributed by atoms with Crippen molar-refractivity contribution >= 4 is 23.2 Å². The number of rotatable bonds is 4. The van der Waals surface area contributed by atoms with Crippen molar-refractivity contribution in [1.29, 1.82) is 0 Å². The molecular weight excluding hydrogens is 231 g/mol. The number of aliphatic hydroxyl groups is 1. The highest BCUT2D eigenvalue weighted by atomic mass is 35.5. The van der Waals surface area contributed by atoms with Crippen LogP contribution in [0.2, 0.25) is 10.0 Å². The first-order valence-corrected chi connectivity index (χ1v) is 5.94. The van der Waals surface area contributed by atoms with Crippen molar-refractivity contribution in [3.63, 3.8) is 0 Å². The number of hydrogen-bond acceptors (Lipinski definition) is 1. The summed E-state index contributed by atoms with van der Waals surface area (Å²) in [5.74, 6) is 0.226. The fourth-order valence-corrected chi connectivity index (χ4v) is 2.23. The molecule has 0 aromatic heterocycles. The monoisotopic (exact) mass is 246 g/mol. The standard InChI is InChI=1S/C12H16Cl2O/c1-3-4-8(2)12(15)9-5-10(13)7-11(14)6-9/h5-8,12,15H,3-4H2,1-2H3. The lowest BCUT2D eigenvalue weighted by atomic mass is 9.94. The Hall–Kier alpha value is -0.240. The summed E-state index contributed by atoms with van der Waals surface area (Å²) in [5, 5.41) is 11.2. The topological polar surface area (TPSA) is 20.2 Å². The van der Waals surface area contributed by atoms with E-state index in [0.717, 1.165) is 18.4 Å². The molecule has 0 radical (unpaired) electrons. The fraction of sp³-hybridized carbons (Fsp3) is 0.500. The first-order valence-electron chi connectivity index (χ1n) is 5.18. The van der Waals surface area contributed by atoms with Gasteiger partial charge >= 0.3 is 0 Å². The molecule has 1 N–H and O–H groups in total. The molecule has 1 nitrogen and oxygen atoms in total. The molecule has 1 aromatic carbocycles. The maximum atomic E-state index is 10.1. The van der Waals surface area contributed by atoms with Crippen molar-refractivity contribution < 1.29 is 5.11 Å². The molecule has 84 valence electrons. The molecule has 0 aliphatic heterocycles. The van der Waals surface area contributed by atoms with E-state index in [9.17, 15) is 5.11 Å². The highest BCUT2D eigenvalue weighted by Gasteiger charge is 2.16. The first-order chi connectivity index (χ1) is 7.04. The van der Waals surface area contributed by atoms with Crippen molar-refractivity contribution in [2.45, 2.75) is 32.8 Å². The van der Waals surface area contributed by atoms with E-state index in [1.165, 1.54) is 0 Å². The van der Waals surface area contributed by atoms with Gasteiger partial charge in [0.15, 0.2) is 0 Å². The quantitative estimate of drug-likeness (QED) is 0.832. The molecule has 2 unspecified atom stereocenters. The third kappa shape index (κ3) is 3.67. The Balaban J connectivity index is 2.85. The molecule has 0 aliphatic rings. The second kappa shape index (κ2) is 5.74. The molecule has 3 heteroatoms. The average Bonchev–Trinajstić information content (AvgIpc) is 2.15. The Bertz CT molecular complexity index is 305. The highest BCUT2D eigenvalue weighted by Crippen LogP contribution is 2.29. The predicted octanol–water partition coefficient (Wildman–Crippen LogP) is 4.46. The molecule has 0 saturated heterocycles. The molecular formula is C12H16Cl2O. The lowest BCUT2D eigenvalue weighted by Crippen LogP contribution is -2.08. The summed E-state index contributed by atoms with van der Waals surface area (Å²) in [7, 11) is 0. The lowest BCUT2D eigenvalue weighted by Gasteiger charge is -2.18. The SMILES string of the molecule is CCCC(C)C(O)c1cc(Cl)cc(Cl)c1. The minimum absolute atomic E-state index is 0.226. The number of halogens is 2. The summed E-state index contributed by atoms with van der Waals surface area (Å²) in [5.41, 5.74) is 0.799. The highest BCUT2D eigenvalue weighted by molar-refractivity contribution is 6.34. The fourth-order valence-electron chi connectivity index (χ4n) is 1.69. The molecule has 15 heavy (non-hydrogen) atoms. The van der Waals surface area contributed by atoms with Gasteiger partial charge < -0.3 is 5.11 Å². The van der Waals surface area contributed by atoms with Gasteiger partial charge in [-0.05, 0) is 36.1 Å². The van der Waals surface area contributed by atoms with E-state index < -0.39 is 6.10 Å². The zero-order chi connectivity index (χ0) is 11.4. The molecule has 2 atom stereocenters. The summed E-state index contributed by atoms with van der Waals surface area (Å²) in [6, 6.07) is 5.21. The molecule has 1 aromatic rings. The van der Waals surface area contributed by atoms with Gasteiger partial charge in [-0.2, -0.15) is 0 Å². The predicted molar refractivity (Wildman–Crippen MR) is 65.5 cm³/mol. The largest absolute Gasteiger partial charge is 0.388 e. The maximum Gasteiger partial charge on any atom is 0.0816 e. The van der Waals surface area contributed by atoms with Crippen LogP contribution in [0.5, 0.6) is 0 Å². The van der Waals surface area contributed by atoms with Crippen LogP contribution in [0.1, 0.15) is 38.4 Å². The maximum absolute atomic E-state index is 10.1. The van der Waals surface area contributed by atoms with E-state index in [1.54, 1.807) is 18.2 Å². The molecule has 0 aliphatic carbocycles. The van der Waals surface area contributed by atoms with Gasteiger partial charge in [0.1, 0.15) is 0 Å². The number of hydrogen-bond donors (Lipinski definition) is 1. The van der Waals surface area contributed by atoms with Gasteiger partial charge in [0.2, 0.25) is 0 Å². The van der Waals surface area contributed by atoms with Crippen molar-refractivity contribution in [3.05, 3.63) is 33.8 Å². The Morgan fingerprint density at radius 2 is 1.73 bits per heavy atom. The summed E-state index contributed by atoms with van der Waals surface area (Å²) >= 11 is 11.8. The van der Waals surface area contributed by atoms with Crippen LogP contribution in [0, 0.1) is 5.92 Å². The minimum atomic E-state index is -0.485. The van der Waals surface area contributed by atoms with E-state index in [4.69, 9.17) is 23.2 Å². The van der Waals surface area contributed by atoms with Crippen LogP contribution in [0.15, 0.2) is 18.2 Å². The summed E-state index contributed by atoms with van der Waals surface area (Å²) in [6.07, 6.45) is 1.57. The minimum Gasteiger partial charge on any atom is -0.388 e. The van der Waals surface area contributed by atoms with Crippen molar-refractivity contribution in [1.82, 2.24) is 0 Å². The van der Waals surface area contributed by atoms with E-state index >= 15 is 0 Å². The summed E-state index contributed by atoms with van der Waals surface area (Å²) in [4.78, 5) is 0. The Labute approximate surface area is 101 Å². The zero-order valence-electron chi connectivity index (χ0n) is 9.00. The summed E-state index contributed by atoms with van der Waals surface area (Å²) in [6.45, 7) is 4.14. The molecule has 0 saturated carbocycles. The van der Waals surface area contributed by atoms with E-state index in [-0.39, 0.29) is 5.92 Å². The van der Waals surface area contributed by atoms with Crippen LogP contribution < -0.4 is 0 Å². The van der Waals surface area contributed by atoms with Gasteiger partial charge in [0.25, 0.3) is 0 Å². The van der Waals surface area contributed by atoms with Gasteiger partial charge in [-0.1, -0.05) is 43.5 Å². The number of aliphatic hydroxyl groups excluding tert-OH is 1. The first kappa shape index (κ1) is 12.8. The van der Waals surface area contributed by atoms with Gasteiger partial charge in [0.05, 0.1) is 6.10 Å². The van der Waals surface area contributed by atoms with E-state index in [2.05, 4.69) is 6.92 Å². The van der Waals surface area contributed by atoms with Crippen LogP contribution in [0.4, 0.5) is 0 Å². The zero-order valence-corrected chi connectivity index (χ0v) is 10.5. The smallest absolute Gasteiger partial charge is 0.0816 e. The lowest BCUT2D eigenvalue weighted by molar-refractivity contribution is 0.112. The Morgan fingerprint density at radius 3 is 2.20 bits per heavy atom. The molecule has 0 amide bonds. The molecule has 0 spiro atoms. The van der Waals surface area contributed by atoms with Crippen LogP contribution in [0.25, 0.3) is 0 Å². The third-order valence-electron chi connectivity index (χ3n) is 2.51. The molecule has 0 bridgehead atoms. The van der Waals surface area contributed by atoms with E-state index in [0.29, 0.717) is 10.0 Å². The second-order valence-electron chi connectivity index (χ2n) is 3.91. The van der Waals surface area contributed by atoms with Crippen molar-refractivity contribution in [2.75, 3.05) is 0 Å². The van der Waals surface area contributed by atoms with Gasteiger partial charge in [-0.3, -0.25) is 0 Å².